The Morgan fingerprint density at radius 3 is 2.71 bits per heavy atom. The van der Waals surface area contributed by atoms with Crippen LogP contribution in [-0.2, 0) is 11.3 Å². The van der Waals surface area contributed by atoms with Crippen LogP contribution in [0.1, 0.15) is 28.9 Å². The molecular weight excluding hydrogens is 420 g/mol. The van der Waals surface area contributed by atoms with E-state index in [2.05, 4.69) is 32.8 Å². The average molecular weight is 447 g/mol. The fourth-order valence-corrected chi connectivity index (χ4v) is 3.67. The Balaban J connectivity index is 1.56. The predicted octanol–water partition coefficient (Wildman–Crippen LogP) is 3.57. The van der Waals surface area contributed by atoms with Crippen LogP contribution in [0.4, 0.5) is 5.82 Å². The maximum absolute atomic E-state index is 11.7. The van der Waals surface area contributed by atoms with E-state index in [9.17, 15) is 4.79 Å². The number of nitrogens with one attached hydrogen (secondary N) is 1. The zero-order valence-corrected chi connectivity index (χ0v) is 18.5. The minimum atomic E-state index is -0.543. The van der Waals surface area contributed by atoms with Gasteiger partial charge in [0.05, 0.1) is 14.2 Å². The molecule has 1 aliphatic rings. The molecule has 1 saturated heterocycles. The van der Waals surface area contributed by atoms with Gasteiger partial charge in [0.25, 0.3) is 0 Å². The van der Waals surface area contributed by atoms with Gasteiger partial charge in [-0.3, -0.25) is 4.90 Å². The number of aromatic nitrogens is 2. The highest BCUT2D eigenvalue weighted by Crippen LogP contribution is 2.29. The predicted molar refractivity (Wildman–Crippen MR) is 119 cm³/mol. The highest BCUT2D eigenvalue weighted by molar-refractivity contribution is 6.28. The van der Waals surface area contributed by atoms with Crippen LogP contribution in [0, 0.1) is 0 Å². The third-order valence-electron chi connectivity index (χ3n) is 5.02. The van der Waals surface area contributed by atoms with Gasteiger partial charge in [-0.25, -0.2) is 14.8 Å². The molecule has 1 aliphatic heterocycles. The van der Waals surface area contributed by atoms with Crippen LogP contribution in [0.15, 0.2) is 36.9 Å². The molecule has 31 heavy (non-hydrogen) atoms. The van der Waals surface area contributed by atoms with Gasteiger partial charge in [-0.15, -0.1) is 0 Å². The highest BCUT2D eigenvalue weighted by atomic mass is 35.5. The Morgan fingerprint density at radius 1 is 1.26 bits per heavy atom. The summed E-state index contributed by atoms with van der Waals surface area (Å²) in [6, 6.07) is 7.80. The number of hydrogen-bond donors (Lipinski definition) is 1. The number of anilines is 1. The van der Waals surface area contributed by atoms with E-state index in [1.54, 1.807) is 19.3 Å². The molecule has 2 aromatic rings. The van der Waals surface area contributed by atoms with Crippen molar-refractivity contribution in [3.05, 3.63) is 53.5 Å². The van der Waals surface area contributed by atoms with Crippen LogP contribution in [0.3, 0.4) is 0 Å². The number of halogens is 1. The molecule has 166 valence electrons. The van der Waals surface area contributed by atoms with Gasteiger partial charge >= 0.3 is 5.97 Å². The molecule has 0 bridgehead atoms. The molecule has 1 N–H and O–H groups in total. The first-order valence-corrected chi connectivity index (χ1v) is 10.4. The van der Waals surface area contributed by atoms with Crippen molar-refractivity contribution in [3.8, 4) is 11.5 Å². The van der Waals surface area contributed by atoms with Gasteiger partial charge in [0.15, 0.2) is 17.2 Å². The van der Waals surface area contributed by atoms with Crippen LogP contribution in [0.2, 0.25) is 5.28 Å². The van der Waals surface area contributed by atoms with E-state index >= 15 is 0 Å². The number of nitrogens with zero attached hydrogens (tertiary/aromatic N) is 3. The molecule has 8 nitrogen and oxygen atoms in total. The molecule has 1 aromatic carbocycles. The quantitative estimate of drug-likeness (QED) is 0.355. The lowest BCUT2D eigenvalue weighted by Gasteiger charge is -2.32. The molecule has 9 heteroatoms. The van der Waals surface area contributed by atoms with Crippen LogP contribution in [0.5, 0.6) is 11.5 Å². The third kappa shape index (κ3) is 6.32. The van der Waals surface area contributed by atoms with Crippen molar-refractivity contribution in [2.75, 3.05) is 39.2 Å². The number of hydrogen-bond acceptors (Lipinski definition) is 8. The molecular formula is C22H27ClN4O4. The fourth-order valence-electron chi connectivity index (χ4n) is 3.48. The Hall–Kier alpha value is -2.84. The average Bonchev–Trinajstić information content (AvgIpc) is 2.78. The Morgan fingerprint density at radius 2 is 2.03 bits per heavy atom. The van der Waals surface area contributed by atoms with E-state index < -0.39 is 5.97 Å². The Labute approximate surface area is 187 Å². The first-order valence-electron chi connectivity index (χ1n) is 10.0. The molecule has 2 heterocycles. The minimum Gasteiger partial charge on any atom is -0.493 e. The van der Waals surface area contributed by atoms with Crippen molar-refractivity contribution >= 4 is 23.4 Å². The summed E-state index contributed by atoms with van der Waals surface area (Å²) in [5.41, 5.74) is 1.30. The van der Waals surface area contributed by atoms with E-state index in [0.717, 1.165) is 43.8 Å². The standard InChI is InChI=1S/C22H27ClN4O4/c1-4-11-31-19-12-15(5-6-18(19)29-2)14-27-9-7-16(8-10-27)24-20-13-17(21(28)30-3)25-22(23)26-20/h4-6,12-13,16H,1,7-11,14H2,2-3H3,(H,24,25,26). The van der Waals surface area contributed by atoms with Crippen LogP contribution < -0.4 is 14.8 Å². The van der Waals surface area contributed by atoms with E-state index in [4.69, 9.17) is 25.8 Å². The normalized spacial score (nSPS) is 14.7. The monoisotopic (exact) mass is 446 g/mol. The van der Waals surface area contributed by atoms with Crippen molar-refractivity contribution < 1.29 is 19.0 Å². The summed E-state index contributed by atoms with van der Waals surface area (Å²) in [7, 11) is 2.94. The lowest BCUT2D eigenvalue weighted by Crippen LogP contribution is -2.38. The number of piperidine rings is 1. The number of carbonyl (C=O) groups is 1. The largest absolute Gasteiger partial charge is 0.493 e. The van der Waals surface area contributed by atoms with Crippen LogP contribution in [0.25, 0.3) is 0 Å². The summed E-state index contributed by atoms with van der Waals surface area (Å²) in [6.45, 7) is 6.80. The summed E-state index contributed by atoms with van der Waals surface area (Å²) in [6.07, 6.45) is 3.58. The summed E-state index contributed by atoms with van der Waals surface area (Å²) >= 11 is 5.95. The lowest BCUT2D eigenvalue weighted by atomic mass is 10.0. The molecule has 0 saturated carbocycles. The molecule has 3 rings (SSSR count). The number of carbonyl (C=O) groups excluding carboxylic acids is 1. The number of ether oxygens (including phenoxy) is 3. The first kappa shape index (κ1) is 22.8. The zero-order chi connectivity index (χ0) is 22.2. The topological polar surface area (TPSA) is 85.8 Å². The number of rotatable bonds is 9. The van der Waals surface area contributed by atoms with Gasteiger partial charge in [0.1, 0.15) is 12.4 Å². The second kappa shape index (κ2) is 11.0. The van der Waals surface area contributed by atoms with Crippen molar-refractivity contribution in [2.24, 2.45) is 0 Å². The Kier molecular flexibility index (Phi) is 8.08. The zero-order valence-electron chi connectivity index (χ0n) is 17.8. The van der Waals surface area contributed by atoms with Crippen LogP contribution in [-0.4, -0.2) is 60.8 Å². The summed E-state index contributed by atoms with van der Waals surface area (Å²) in [5.74, 6) is 1.41. The fraction of sp³-hybridized carbons (Fsp3) is 0.409. The Bertz CT molecular complexity index is 916. The smallest absolute Gasteiger partial charge is 0.356 e. The number of benzene rings is 1. The van der Waals surface area contributed by atoms with E-state index in [-0.39, 0.29) is 17.0 Å². The second-order valence-corrected chi connectivity index (χ2v) is 7.52. The molecule has 0 radical (unpaired) electrons. The van der Waals surface area contributed by atoms with Gasteiger partial charge < -0.3 is 19.5 Å². The number of esters is 1. The first-order chi connectivity index (χ1) is 15.0. The van der Waals surface area contributed by atoms with Crippen molar-refractivity contribution in [2.45, 2.75) is 25.4 Å². The molecule has 0 amide bonds. The van der Waals surface area contributed by atoms with Gasteiger partial charge in [0.2, 0.25) is 5.28 Å². The van der Waals surface area contributed by atoms with E-state index in [0.29, 0.717) is 18.2 Å². The second-order valence-electron chi connectivity index (χ2n) is 7.18. The summed E-state index contributed by atoms with van der Waals surface area (Å²) < 4.78 is 15.8. The number of likely N-dealkylation sites (tertiary alicyclic amines) is 1. The van der Waals surface area contributed by atoms with E-state index in [1.165, 1.54) is 7.11 Å². The van der Waals surface area contributed by atoms with Crippen molar-refractivity contribution in [1.29, 1.82) is 0 Å². The molecule has 0 atom stereocenters. The molecule has 0 spiro atoms. The van der Waals surface area contributed by atoms with Crippen LogP contribution >= 0.6 is 11.6 Å². The van der Waals surface area contributed by atoms with E-state index in [1.807, 2.05) is 12.1 Å². The SMILES string of the molecule is C=CCOc1cc(CN2CCC(Nc3cc(C(=O)OC)nc(Cl)n3)CC2)ccc1OC. The van der Waals surface area contributed by atoms with Crippen molar-refractivity contribution in [3.63, 3.8) is 0 Å². The minimum absolute atomic E-state index is 0.0109. The van der Waals surface area contributed by atoms with Crippen molar-refractivity contribution in [1.82, 2.24) is 14.9 Å². The molecule has 1 aromatic heterocycles. The highest BCUT2D eigenvalue weighted by Gasteiger charge is 2.21. The summed E-state index contributed by atoms with van der Waals surface area (Å²) in [5, 5.41) is 3.37. The summed E-state index contributed by atoms with van der Waals surface area (Å²) in [4.78, 5) is 22.2. The third-order valence-corrected chi connectivity index (χ3v) is 5.19. The molecule has 0 aliphatic carbocycles. The molecule has 1 fully saturated rings. The van der Waals surface area contributed by atoms with Gasteiger partial charge in [-0.1, -0.05) is 18.7 Å². The maximum Gasteiger partial charge on any atom is 0.356 e. The van der Waals surface area contributed by atoms with Gasteiger partial charge in [0, 0.05) is 31.7 Å². The maximum atomic E-state index is 11.7. The van der Waals surface area contributed by atoms with Gasteiger partial charge in [-0.05, 0) is 42.1 Å². The molecule has 0 unspecified atom stereocenters. The lowest BCUT2D eigenvalue weighted by molar-refractivity contribution is 0.0594. The van der Waals surface area contributed by atoms with Gasteiger partial charge in [-0.2, -0.15) is 0 Å². The number of methoxy groups -OCH3 is 2.